The molecule has 1 aromatic heterocycles. The van der Waals surface area contributed by atoms with Crippen LogP contribution in [0.2, 0.25) is 0 Å². The Morgan fingerprint density at radius 3 is 2.42 bits per heavy atom. The molecule has 0 radical (unpaired) electrons. The molecule has 2 unspecified atom stereocenters. The quantitative estimate of drug-likeness (QED) is 0.779. The second-order valence-electron chi connectivity index (χ2n) is 11.0. The van der Waals surface area contributed by atoms with Crippen molar-refractivity contribution in [3.63, 3.8) is 0 Å². The van der Waals surface area contributed by atoms with E-state index in [4.69, 9.17) is 0 Å². The molecule has 6 rings (SSSR count). The van der Waals surface area contributed by atoms with E-state index in [9.17, 15) is 9.59 Å². The van der Waals surface area contributed by atoms with Crippen LogP contribution in [0.3, 0.4) is 0 Å². The Bertz CT molecular complexity index is 1080. The number of nitrogens with one attached hydrogen (secondary N) is 1. The largest absolute Gasteiger partial charge is 0.329 e. The van der Waals surface area contributed by atoms with Crippen LogP contribution in [0.5, 0.6) is 0 Å². The van der Waals surface area contributed by atoms with Crippen molar-refractivity contribution in [3.8, 4) is 0 Å². The average Bonchev–Trinajstić information content (AvgIpc) is 2.76. The molecule has 0 spiro atoms. The van der Waals surface area contributed by atoms with Gasteiger partial charge in [-0.2, -0.15) is 0 Å². The Labute approximate surface area is 183 Å². The van der Waals surface area contributed by atoms with Crippen molar-refractivity contribution in [2.75, 3.05) is 0 Å². The Kier molecular flexibility index (Phi) is 4.86. The molecule has 2 aromatic rings. The molecule has 2 saturated carbocycles. The van der Waals surface area contributed by atoms with E-state index in [-0.39, 0.29) is 17.3 Å². The maximum absolute atomic E-state index is 13.3. The van der Waals surface area contributed by atoms with Gasteiger partial charge in [-0.25, -0.2) is 4.79 Å². The molecule has 1 N–H and O–H groups in total. The van der Waals surface area contributed by atoms with Crippen LogP contribution < -0.4 is 11.2 Å². The number of benzene rings is 1. The molecule has 2 saturated heterocycles. The maximum Gasteiger partial charge on any atom is 0.329 e. The molecule has 3 heterocycles. The summed E-state index contributed by atoms with van der Waals surface area (Å²) in [6.45, 7) is 2.40. The van der Waals surface area contributed by atoms with Gasteiger partial charge in [0.25, 0.3) is 5.56 Å². The lowest BCUT2D eigenvalue weighted by Gasteiger charge is -2.57. The summed E-state index contributed by atoms with van der Waals surface area (Å²) in [5.41, 5.74) is 0.296. The second-order valence-corrected chi connectivity index (χ2v) is 11.0. The molecule has 5 nitrogen and oxygen atoms in total. The van der Waals surface area contributed by atoms with Gasteiger partial charge < -0.3 is 4.98 Å². The van der Waals surface area contributed by atoms with Gasteiger partial charge >= 0.3 is 5.69 Å². The Balaban J connectivity index is 1.33. The van der Waals surface area contributed by atoms with Crippen molar-refractivity contribution in [2.45, 2.75) is 95.3 Å². The highest BCUT2D eigenvalue weighted by atomic mass is 16.2. The van der Waals surface area contributed by atoms with Crippen LogP contribution in [0.4, 0.5) is 0 Å². The molecule has 4 bridgehead atoms. The first-order chi connectivity index (χ1) is 15.1. The van der Waals surface area contributed by atoms with Gasteiger partial charge in [-0.05, 0) is 74.8 Å². The molecular formula is C26H35N3O2. The fourth-order valence-corrected chi connectivity index (χ4v) is 7.87. The summed E-state index contributed by atoms with van der Waals surface area (Å²) in [6, 6.07) is 9.15. The number of aromatic nitrogens is 2. The predicted octanol–water partition coefficient (Wildman–Crippen LogP) is 4.46. The van der Waals surface area contributed by atoms with Crippen LogP contribution in [0, 0.1) is 17.8 Å². The molecule has 5 heteroatoms. The fraction of sp³-hybridized carbons (Fsp3) is 0.692. The summed E-state index contributed by atoms with van der Waals surface area (Å²) >= 11 is 0. The summed E-state index contributed by atoms with van der Waals surface area (Å²) in [7, 11) is 0. The van der Waals surface area contributed by atoms with Crippen molar-refractivity contribution < 1.29 is 0 Å². The van der Waals surface area contributed by atoms with Crippen LogP contribution in [-0.4, -0.2) is 32.6 Å². The van der Waals surface area contributed by atoms with E-state index in [1.165, 1.54) is 51.4 Å². The van der Waals surface area contributed by atoms with Crippen molar-refractivity contribution in [1.29, 1.82) is 0 Å². The van der Waals surface area contributed by atoms with Gasteiger partial charge in [-0.15, -0.1) is 0 Å². The first kappa shape index (κ1) is 19.8. The van der Waals surface area contributed by atoms with Gasteiger partial charge in [-0.1, -0.05) is 38.3 Å². The van der Waals surface area contributed by atoms with E-state index >= 15 is 0 Å². The molecular weight excluding hydrogens is 386 g/mol. The van der Waals surface area contributed by atoms with E-state index in [1.54, 1.807) is 4.57 Å². The third-order valence-corrected chi connectivity index (χ3v) is 9.20. The Morgan fingerprint density at radius 1 is 0.839 bits per heavy atom. The summed E-state index contributed by atoms with van der Waals surface area (Å²) in [5.74, 6) is 2.49. The van der Waals surface area contributed by atoms with Gasteiger partial charge in [0.05, 0.1) is 10.9 Å². The van der Waals surface area contributed by atoms with Gasteiger partial charge in [-0.3, -0.25) is 14.3 Å². The van der Waals surface area contributed by atoms with E-state index in [2.05, 4.69) is 16.8 Å². The lowest BCUT2D eigenvalue weighted by Crippen LogP contribution is -2.61. The minimum atomic E-state index is -0.236. The van der Waals surface area contributed by atoms with E-state index < -0.39 is 0 Å². The molecule has 2 aliphatic heterocycles. The molecule has 4 fully saturated rings. The first-order valence-corrected chi connectivity index (χ1v) is 12.6. The van der Waals surface area contributed by atoms with Crippen molar-refractivity contribution in [2.24, 2.45) is 17.8 Å². The van der Waals surface area contributed by atoms with Crippen molar-refractivity contribution >= 4 is 10.9 Å². The summed E-state index contributed by atoms with van der Waals surface area (Å²) < 4.78 is 1.56. The van der Waals surface area contributed by atoms with Crippen molar-refractivity contribution in [3.05, 3.63) is 45.1 Å². The highest BCUT2D eigenvalue weighted by Crippen LogP contribution is 2.48. The molecule has 0 amide bonds. The molecule has 1 aromatic carbocycles. The zero-order chi connectivity index (χ0) is 21.1. The zero-order valence-electron chi connectivity index (χ0n) is 18.6. The molecule has 4 aliphatic rings. The standard InChI is InChI=1S/C26H35N3O2/c1-16-9-10-19-14-21(29-25(30)22-7-2-3-8-23(22)27-26(29)31)15-24(16)28(19)20-12-17-5-4-6-18(11-17)13-20/h2-3,7-8,16-21,24H,4-6,9-15H2,1H3,(H,27,31)/t16?,17-,18+,19-,20+,21+,24?/m1/s1. The normalized spacial score (nSPS) is 38.3. The minimum absolute atomic E-state index is 0.0120. The number of hydrogen-bond donors (Lipinski definition) is 1. The monoisotopic (exact) mass is 421 g/mol. The smallest absolute Gasteiger partial charge is 0.307 e. The molecule has 2 aliphatic carbocycles. The minimum Gasteiger partial charge on any atom is -0.307 e. The van der Waals surface area contributed by atoms with Crippen molar-refractivity contribution in [1.82, 2.24) is 14.5 Å². The van der Waals surface area contributed by atoms with Crippen LogP contribution >= 0.6 is 0 Å². The molecule has 7 atom stereocenters. The number of H-pyrrole nitrogens is 1. The number of hydrogen-bond acceptors (Lipinski definition) is 3. The highest BCUT2D eigenvalue weighted by molar-refractivity contribution is 5.76. The molecule has 166 valence electrons. The third kappa shape index (κ3) is 3.31. The topological polar surface area (TPSA) is 58.1 Å². The Morgan fingerprint density at radius 2 is 1.61 bits per heavy atom. The number of rotatable bonds is 2. The van der Waals surface area contributed by atoms with Crippen LogP contribution in [0.15, 0.2) is 33.9 Å². The maximum atomic E-state index is 13.3. The highest BCUT2D eigenvalue weighted by Gasteiger charge is 2.47. The number of fused-ring (bicyclic) bond motifs is 5. The van der Waals surface area contributed by atoms with E-state index in [1.807, 2.05) is 24.3 Å². The summed E-state index contributed by atoms with van der Waals surface area (Å²) in [5, 5.41) is 0.628. The summed E-state index contributed by atoms with van der Waals surface area (Å²) in [6.07, 6.45) is 12.9. The number of aromatic amines is 1. The number of piperidine rings is 2. The first-order valence-electron chi connectivity index (χ1n) is 12.6. The number of para-hydroxylation sites is 1. The molecule has 31 heavy (non-hydrogen) atoms. The van der Waals surface area contributed by atoms with Crippen LogP contribution in [0.1, 0.15) is 77.2 Å². The third-order valence-electron chi connectivity index (χ3n) is 9.20. The van der Waals surface area contributed by atoms with Gasteiger partial charge in [0.2, 0.25) is 0 Å². The lowest BCUT2D eigenvalue weighted by atomic mass is 9.67. The van der Waals surface area contributed by atoms with E-state index in [0.717, 1.165) is 24.7 Å². The number of nitrogens with zero attached hydrogens (tertiary/aromatic N) is 2. The summed E-state index contributed by atoms with van der Waals surface area (Å²) in [4.78, 5) is 32.1. The van der Waals surface area contributed by atoms with Gasteiger partial charge in [0, 0.05) is 24.2 Å². The predicted molar refractivity (Wildman–Crippen MR) is 123 cm³/mol. The van der Waals surface area contributed by atoms with E-state index in [0.29, 0.717) is 34.9 Å². The lowest BCUT2D eigenvalue weighted by molar-refractivity contribution is -0.0701. The van der Waals surface area contributed by atoms with Crippen LogP contribution in [0.25, 0.3) is 10.9 Å². The second kappa shape index (κ2) is 7.61. The fourth-order valence-electron chi connectivity index (χ4n) is 7.87. The van der Waals surface area contributed by atoms with Crippen LogP contribution in [-0.2, 0) is 0 Å². The Hall–Kier alpha value is -1.88. The van der Waals surface area contributed by atoms with Gasteiger partial charge in [0.1, 0.15) is 0 Å². The van der Waals surface area contributed by atoms with Gasteiger partial charge in [0.15, 0.2) is 0 Å². The zero-order valence-corrected chi connectivity index (χ0v) is 18.6. The average molecular weight is 422 g/mol. The SMILES string of the molecule is CC1CC[C@@H]2C[C@H](n3c(=O)[nH]c4ccccc4c3=O)CC1N2[C@H]1C[C@@H]2CCC[C@@H](C2)C1.